The molecule has 11 rings (SSSR count). The Morgan fingerprint density at radius 3 is 1.81 bits per heavy atom. The number of oxime groups is 1. The van der Waals surface area contributed by atoms with Gasteiger partial charge in [-0.05, 0) is 196 Å². The van der Waals surface area contributed by atoms with Crippen LogP contribution in [-0.2, 0) is 37.3 Å². The molecule has 12 N–H and O–H groups in total. The number of halogens is 11. The number of H-pyrrole nitrogens is 1. The minimum Gasteiger partial charge on any atom is -0.506 e. The van der Waals surface area contributed by atoms with Crippen LogP contribution in [0.4, 0.5) is 27.8 Å². The highest BCUT2D eigenvalue weighted by atomic mass is 79.9. The number of nitrogens with one attached hydrogen (secondary N) is 2. The Kier molecular flexibility index (Phi) is 40.8. The summed E-state index contributed by atoms with van der Waals surface area (Å²) in [5.74, 6) is -2.63. The fourth-order valence-electron chi connectivity index (χ4n) is 8.60. The lowest BCUT2D eigenvalue weighted by atomic mass is 9.82. The van der Waals surface area contributed by atoms with Crippen LogP contribution in [0.25, 0.3) is 10.2 Å². The number of rotatable bonds is 18. The Morgan fingerprint density at radius 1 is 0.754 bits per heavy atom. The maximum absolute atomic E-state index is 11.5. The third-order valence-electron chi connectivity index (χ3n) is 14.0. The van der Waals surface area contributed by atoms with Crippen molar-refractivity contribution in [2.24, 2.45) is 10.6 Å². The maximum atomic E-state index is 11.5. The number of thiazole rings is 1. The number of hydrogen-bond donors (Lipinski definition) is 10. The molecule has 0 saturated heterocycles. The number of para-hydroxylation sites is 1. The molecule has 626 valence electrons. The molecule has 0 bridgehead atoms. The fourth-order valence-corrected chi connectivity index (χ4v) is 14.6. The number of carbonyl (C=O) groups excluding carboxylic acids is 1. The molecule has 11 aromatic rings. The van der Waals surface area contributed by atoms with Crippen molar-refractivity contribution in [3.05, 3.63) is 258 Å². The largest absolute Gasteiger partial charge is 0.506 e. The molecule has 118 heavy (non-hydrogen) atoms. The van der Waals surface area contributed by atoms with Crippen molar-refractivity contribution in [1.29, 1.82) is 5.26 Å². The van der Waals surface area contributed by atoms with E-state index in [2.05, 4.69) is 98.9 Å². The molecule has 0 aliphatic carbocycles. The Morgan fingerprint density at radius 2 is 1.34 bits per heavy atom. The molecular weight excluding hydrogens is 2000 g/mol. The molecule has 3 aromatic heterocycles. The summed E-state index contributed by atoms with van der Waals surface area (Å²) in [5.41, 5.74) is 11.9. The van der Waals surface area contributed by atoms with Crippen LogP contribution in [-0.4, -0.2) is 141 Å². The molecule has 3 heterocycles. The average molecular weight is 2070 g/mol. The Bertz CT molecular complexity index is 5560. The van der Waals surface area contributed by atoms with Crippen LogP contribution < -0.4 is 35.4 Å². The third-order valence-corrected chi connectivity index (χ3v) is 20.8. The molecule has 1 amide bonds. The Hall–Kier alpha value is -10.2. The number of aromatic carboxylic acids is 1. The number of nitrogens with zero attached hydrogens (tertiary/aromatic N) is 10. The number of nitrogens with two attached hydrogens (primary N) is 2. The van der Waals surface area contributed by atoms with E-state index in [4.69, 9.17) is 128 Å². The van der Waals surface area contributed by atoms with Crippen molar-refractivity contribution < 1.29 is 87.1 Å². The van der Waals surface area contributed by atoms with Crippen molar-refractivity contribution in [1.82, 2.24) is 39.2 Å². The van der Waals surface area contributed by atoms with Crippen LogP contribution in [0.2, 0.25) is 35.2 Å². The first-order valence-electron chi connectivity index (χ1n) is 31.8. The number of phenols is 2. The van der Waals surface area contributed by atoms with Gasteiger partial charge < -0.3 is 61.2 Å². The number of phenolic OH excluding ortho intramolecular Hbond substituents is 2. The van der Waals surface area contributed by atoms with Crippen molar-refractivity contribution in [2.45, 2.75) is 50.8 Å². The standard InChI is InChI=1S/C15H19Cl2N3O.C13H7Br2N3O6.C9H6ClNO3S.2C8H6Cl2O3.C8H10N2O4S.C7H3Br2NO.C2H4N4/c1-15(2,3)14(21)13(20-9-18-8-19-20)6-10-4-5-11(16)7-12(10)17;14-9-3-7(4-10(15)13(9)19)6-16-24-12-2-1-8(17(20)21)5-11(12)18(22)23;10-5-2-1-3-6-8(5)11(4-7(12)13)9(14)15-6;1-13-7-5(10)3-2-4(9)6(7)8(11)12;9-5-1-2-7(6(10)3-5)13-4-8(11)12;1-14-8(11)10-15(12,13)7-4-2-6(9)3-5-7;8-5-1-4(3-10)2-6(9)7(5)11;3-2-4-1-5-6-2/h4-5,7-9,13-14,21H,6H2,1-3H3;1-6,19H;1-3H,4H2,(H,12,13);2-3H,1H3,(H,11,12);1-3H,4H2,(H,11,12);2-5H,9H2,1H3,(H,10,11);1-2,11H;1H,(H3,3,4,5,6). The summed E-state index contributed by atoms with van der Waals surface area (Å²) >= 11 is 54.3. The number of amides is 1. The number of carboxylic acid groups (broad SMARTS) is 3. The molecule has 8 aromatic carbocycles. The number of nitrogen functional groups attached to an aromatic ring is 2. The molecule has 35 nitrogen and oxygen atoms in total. The Labute approximate surface area is 741 Å². The molecule has 0 radical (unpaired) electrons. The number of non-ortho nitro benzene ring substituents is 1. The third kappa shape index (κ3) is 32.3. The smallest absolute Gasteiger partial charge is 0.420 e. The second-order valence-corrected chi connectivity index (χ2v) is 32.4. The zero-order chi connectivity index (χ0) is 88.6. The second-order valence-electron chi connectivity index (χ2n) is 23.4. The summed E-state index contributed by atoms with van der Waals surface area (Å²) in [7, 11) is -1.45. The summed E-state index contributed by atoms with van der Waals surface area (Å²) in [5, 5.41) is 102. The van der Waals surface area contributed by atoms with E-state index in [-0.39, 0.29) is 66.4 Å². The van der Waals surface area contributed by atoms with Gasteiger partial charge in [-0.1, -0.05) is 131 Å². The molecule has 0 aliphatic heterocycles. The van der Waals surface area contributed by atoms with Gasteiger partial charge in [-0.15, -0.1) is 0 Å². The first kappa shape index (κ1) is 100. The number of carbonyl (C=O) groups is 4. The van der Waals surface area contributed by atoms with Crippen molar-refractivity contribution in [3.63, 3.8) is 0 Å². The molecule has 2 unspecified atom stereocenters. The number of aromatic hydroxyl groups is 2. The number of sulfonamides is 1. The van der Waals surface area contributed by atoms with E-state index in [0.717, 1.165) is 42.2 Å². The monoisotopic (exact) mass is 2060 g/mol. The van der Waals surface area contributed by atoms with Crippen LogP contribution >= 0.6 is 156 Å². The van der Waals surface area contributed by atoms with Gasteiger partial charge in [0.25, 0.3) is 15.7 Å². The van der Waals surface area contributed by atoms with Crippen LogP contribution in [0.15, 0.2) is 185 Å². The number of aromatic amines is 1. The molecule has 0 aliphatic rings. The van der Waals surface area contributed by atoms with Crippen LogP contribution in [0.1, 0.15) is 53.9 Å². The van der Waals surface area contributed by atoms with Gasteiger partial charge >= 0.3 is 34.6 Å². The summed E-state index contributed by atoms with van der Waals surface area (Å²) in [4.78, 5) is 85.9. The van der Waals surface area contributed by atoms with Crippen LogP contribution in [0.3, 0.4) is 0 Å². The molecule has 2 atom stereocenters. The fraction of sp³-hybridized carbons (Fsp3) is 0.157. The van der Waals surface area contributed by atoms with E-state index >= 15 is 0 Å². The summed E-state index contributed by atoms with van der Waals surface area (Å²) in [6, 6.07) is 34.3. The van der Waals surface area contributed by atoms with E-state index < -0.39 is 68.0 Å². The predicted molar refractivity (Wildman–Crippen MR) is 457 cm³/mol. The zero-order valence-electron chi connectivity index (χ0n) is 60.7. The summed E-state index contributed by atoms with van der Waals surface area (Å²) in [6.07, 6.45) is 4.63. The number of aromatic nitrogens is 7. The van der Waals surface area contributed by atoms with Gasteiger partial charge in [0.15, 0.2) is 12.4 Å². The highest BCUT2D eigenvalue weighted by molar-refractivity contribution is 9.11. The lowest BCUT2D eigenvalue weighted by Crippen LogP contribution is -2.37. The Balaban J connectivity index is 0.000000290. The number of ether oxygens (including phenoxy) is 3. The highest BCUT2D eigenvalue weighted by Crippen LogP contribution is 2.38. The van der Waals surface area contributed by atoms with Crippen LogP contribution in [0, 0.1) is 37.0 Å². The number of aliphatic hydroxyl groups excluding tert-OH is 1. The van der Waals surface area contributed by atoms with E-state index in [9.17, 15) is 67.9 Å². The average Bonchev–Trinajstić information content (AvgIpc) is 1.64. The van der Waals surface area contributed by atoms with Crippen LogP contribution in [0.5, 0.6) is 28.7 Å². The first-order valence-corrected chi connectivity index (χ1v) is 39.9. The highest BCUT2D eigenvalue weighted by Gasteiger charge is 2.33. The second kappa shape index (κ2) is 48.0. The van der Waals surface area contributed by atoms with Gasteiger partial charge in [-0.2, -0.15) is 15.5 Å². The van der Waals surface area contributed by atoms with E-state index in [1.165, 1.54) is 79.1 Å². The van der Waals surface area contributed by atoms with Crippen molar-refractivity contribution >= 4 is 230 Å². The van der Waals surface area contributed by atoms with Gasteiger partial charge in [0.1, 0.15) is 48.3 Å². The lowest BCUT2D eigenvalue weighted by Gasteiger charge is -2.33. The number of hydrogen-bond acceptors (Lipinski definition) is 27. The number of benzene rings is 8. The lowest BCUT2D eigenvalue weighted by molar-refractivity contribution is -0.394. The first-order chi connectivity index (χ1) is 55.3. The molecule has 0 fully saturated rings. The molecular formula is C70H61Br4Cl7N14O21S2. The number of nitriles is 1. The van der Waals surface area contributed by atoms with Gasteiger partial charge in [0.2, 0.25) is 11.7 Å². The quantitative estimate of drug-likeness (QED) is 0.0165. The molecule has 0 spiro atoms. The topological polar surface area (TPSA) is 542 Å². The summed E-state index contributed by atoms with van der Waals surface area (Å²) in [6.45, 7) is 5.20. The zero-order valence-corrected chi connectivity index (χ0v) is 74.0. The number of methoxy groups -OCH3 is 2. The van der Waals surface area contributed by atoms with E-state index in [1.54, 1.807) is 76.4 Å². The SMILES string of the molecule is CC(C)(C)C(O)C(Cc1ccc(Cl)cc1Cl)n1cncn1.COC(=O)NS(=O)(=O)c1ccc(N)cc1.COc1c(Cl)ccc(Cl)c1C(=O)O.N#Cc1cc(Br)c(O)c(Br)c1.Nc1ncn[nH]1.O=C(O)COc1ccc(Cl)cc1Cl.O=C(O)Cn1c(=O)sc2cccc(Cl)c21.O=[N+]([O-])c1ccc(ON=Cc2cc(Br)c(O)c(Br)c2)c([N+](=O)[O-])c1. The predicted octanol–water partition coefficient (Wildman–Crippen LogP) is 17.4. The van der Waals surface area contributed by atoms with Crippen molar-refractivity contribution in [3.8, 4) is 34.8 Å². The molecule has 48 heteroatoms. The number of anilines is 2. The number of nitro benzene ring substituents is 2. The number of aliphatic carboxylic acids is 2. The van der Waals surface area contributed by atoms with Crippen molar-refractivity contribution in [2.75, 3.05) is 32.3 Å². The van der Waals surface area contributed by atoms with E-state index in [0.29, 0.717) is 88.2 Å². The number of aliphatic hydroxyl groups is 1. The minimum absolute atomic E-state index is 0.0130. The van der Waals surface area contributed by atoms with Gasteiger partial charge in [0.05, 0.1) is 113 Å². The van der Waals surface area contributed by atoms with Gasteiger partial charge in [-0.25, -0.2) is 47.3 Å². The minimum atomic E-state index is -3.87. The van der Waals surface area contributed by atoms with E-state index in [1.807, 2.05) is 32.9 Å². The summed E-state index contributed by atoms with van der Waals surface area (Å²) < 4.78 is 43.9. The number of nitro groups is 2. The maximum Gasteiger partial charge on any atom is 0.420 e. The number of carboxylic acids is 3. The number of fused-ring (bicyclic) bond motifs is 1. The normalized spacial score (nSPS) is 11.0. The van der Waals surface area contributed by atoms with Gasteiger partial charge in [-0.3, -0.25) is 34.4 Å². The van der Waals surface area contributed by atoms with Gasteiger partial charge in [0, 0.05) is 26.8 Å². The molecule has 0 saturated carbocycles.